The van der Waals surface area contributed by atoms with Crippen LogP contribution in [0.2, 0.25) is 0 Å². The van der Waals surface area contributed by atoms with Crippen molar-refractivity contribution in [3.8, 4) is 0 Å². The molecule has 8 heteroatoms. The van der Waals surface area contributed by atoms with Gasteiger partial charge in [-0.3, -0.25) is 4.79 Å². The van der Waals surface area contributed by atoms with E-state index in [1.54, 1.807) is 11.0 Å². The molecule has 8 nitrogen and oxygen atoms in total. The number of nitrogens with zero attached hydrogens (tertiary/aromatic N) is 3. The number of carbonyl (C=O) groups is 2. The maximum absolute atomic E-state index is 11.7. The predicted molar refractivity (Wildman–Crippen MR) is 64.5 cm³/mol. The molecule has 2 N–H and O–H groups in total. The molecule has 1 amide bonds. The van der Waals surface area contributed by atoms with Gasteiger partial charge in [0.1, 0.15) is 0 Å². The van der Waals surface area contributed by atoms with E-state index in [4.69, 9.17) is 15.2 Å². The van der Waals surface area contributed by atoms with Crippen molar-refractivity contribution in [3.05, 3.63) is 17.8 Å². The van der Waals surface area contributed by atoms with Crippen LogP contribution in [0.15, 0.2) is 12.1 Å². The van der Waals surface area contributed by atoms with Crippen molar-refractivity contribution >= 4 is 17.7 Å². The molecule has 1 aromatic heterocycles. The van der Waals surface area contributed by atoms with Gasteiger partial charge in [-0.05, 0) is 12.1 Å². The molecule has 1 aromatic rings. The molecule has 1 aliphatic heterocycles. The van der Waals surface area contributed by atoms with E-state index in [2.05, 4.69) is 10.2 Å². The number of aromatic nitrogens is 2. The average Bonchev–Trinajstić information content (AvgIpc) is 2.46. The van der Waals surface area contributed by atoms with Crippen LogP contribution in [-0.2, 0) is 14.3 Å². The van der Waals surface area contributed by atoms with Crippen LogP contribution in [0, 0.1) is 0 Å². The fourth-order valence-electron chi connectivity index (χ4n) is 1.82. The molecule has 0 aromatic carbocycles. The highest BCUT2D eigenvalue weighted by atomic mass is 16.5. The summed E-state index contributed by atoms with van der Waals surface area (Å²) in [5, 5.41) is 7.62. The first-order valence-electron chi connectivity index (χ1n) is 5.69. The lowest BCUT2D eigenvalue weighted by Crippen LogP contribution is -2.51. The quantitative estimate of drug-likeness (QED) is 0.696. The minimum absolute atomic E-state index is 0.0756. The number of ether oxygens (including phenoxy) is 2. The molecule has 1 aliphatic rings. The molecule has 0 radical (unpaired) electrons. The van der Waals surface area contributed by atoms with E-state index in [1.165, 1.54) is 13.2 Å². The Hall–Kier alpha value is -2.22. The Morgan fingerprint density at radius 3 is 2.84 bits per heavy atom. The van der Waals surface area contributed by atoms with Crippen molar-refractivity contribution in [3.63, 3.8) is 0 Å². The summed E-state index contributed by atoms with van der Waals surface area (Å²) in [6.45, 7) is 1.20. The first-order chi connectivity index (χ1) is 9.13. The number of primary amides is 1. The third kappa shape index (κ3) is 2.79. The van der Waals surface area contributed by atoms with Crippen LogP contribution in [0.1, 0.15) is 10.5 Å². The number of nitrogens with two attached hydrogens (primary N) is 1. The molecular formula is C11H14N4O4. The second-order valence-corrected chi connectivity index (χ2v) is 3.95. The van der Waals surface area contributed by atoms with E-state index in [0.29, 0.717) is 19.0 Å². The summed E-state index contributed by atoms with van der Waals surface area (Å²) in [6.07, 6.45) is 0. The number of hydrogen-bond acceptors (Lipinski definition) is 7. The van der Waals surface area contributed by atoms with Crippen LogP contribution in [0.3, 0.4) is 0 Å². The molecule has 102 valence electrons. The number of hydrogen-bond donors (Lipinski definition) is 1. The van der Waals surface area contributed by atoms with Gasteiger partial charge >= 0.3 is 5.97 Å². The summed E-state index contributed by atoms with van der Waals surface area (Å²) in [6, 6.07) is 2.50. The summed E-state index contributed by atoms with van der Waals surface area (Å²) in [4.78, 5) is 24.3. The first-order valence-corrected chi connectivity index (χ1v) is 5.69. The lowest BCUT2D eigenvalue weighted by molar-refractivity contribution is -0.144. The van der Waals surface area contributed by atoms with E-state index in [0.717, 1.165) is 0 Å². The molecule has 0 bridgehead atoms. The summed E-state index contributed by atoms with van der Waals surface area (Å²) in [5.74, 6) is -0.574. The van der Waals surface area contributed by atoms with E-state index >= 15 is 0 Å². The van der Waals surface area contributed by atoms with Gasteiger partial charge < -0.3 is 20.1 Å². The van der Waals surface area contributed by atoms with Crippen molar-refractivity contribution in [1.82, 2.24) is 10.2 Å². The smallest absolute Gasteiger partial charge is 0.330 e. The zero-order valence-corrected chi connectivity index (χ0v) is 10.4. The molecule has 1 fully saturated rings. The van der Waals surface area contributed by atoms with Gasteiger partial charge in [-0.2, -0.15) is 0 Å². The number of amides is 1. The standard InChI is InChI=1S/C11H14N4O4/c1-18-11(17)8-6-19-5-4-15(8)9-3-2-7(10(12)16)13-14-9/h2-3,8H,4-6H2,1H3,(H2,12,16). The fourth-order valence-corrected chi connectivity index (χ4v) is 1.82. The fraction of sp³-hybridized carbons (Fsp3) is 0.455. The Labute approximate surface area is 109 Å². The van der Waals surface area contributed by atoms with Crippen LogP contribution in [-0.4, -0.2) is 55.0 Å². The average molecular weight is 266 g/mol. The lowest BCUT2D eigenvalue weighted by Gasteiger charge is -2.34. The summed E-state index contributed by atoms with van der Waals surface area (Å²) in [7, 11) is 1.32. The van der Waals surface area contributed by atoms with E-state index < -0.39 is 17.9 Å². The van der Waals surface area contributed by atoms with Crippen molar-refractivity contribution < 1.29 is 19.1 Å². The van der Waals surface area contributed by atoms with Crippen LogP contribution in [0.5, 0.6) is 0 Å². The molecule has 19 heavy (non-hydrogen) atoms. The zero-order valence-electron chi connectivity index (χ0n) is 10.4. The molecule has 2 rings (SSSR count). The molecule has 0 spiro atoms. The Morgan fingerprint density at radius 2 is 2.26 bits per heavy atom. The van der Waals surface area contributed by atoms with Crippen LogP contribution >= 0.6 is 0 Å². The van der Waals surface area contributed by atoms with Gasteiger partial charge in [-0.1, -0.05) is 0 Å². The van der Waals surface area contributed by atoms with Crippen LogP contribution in [0.4, 0.5) is 5.82 Å². The Kier molecular flexibility index (Phi) is 3.91. The van der Waals surface area contributed by atoms with Crippen LogP contribution in [0.25, 0.3) is 0 Å². The maximum atomic E-state index is 11.7. The molecule has 1 atom stereocenters. The number of carbonyl (C=O) groups excluding carboxylic acids is 2. The second-order valence-electron chi connectivity index (χ2n) is 3.95. The van der Waals surface area contributed by atoms with Gasteiger partial charge in [0.15, 0.2) is 17.6 Å². The second kappa shape index (κ2) is 5.61. The lowest BCUT2D eigenvalue weighted by atomic mass is 10.2. The van der Waals surface area contributed by atoms with E-state index in [9.17, 15) is 9.59 Å². The van der Waals surface area contributed by atoms with Crippen molar-refractivity contribution in [2.45, 2.75) is 6.04 Å². The highest BCUT2D eigenvalue weighted by Gasteiger charge is 2.31. The van der Waals surface area contributed by atoms with Gasteiger partial charge in [-0.15, -0.1) is 10.2 Å². The van der Waals surface area contributed by atoms with Gasteiger partial charge in [-0.25, -0.2) is 4.79 Å². The number of morpholine rings is 1. The summed E-state index contributed by atoms with van der Waals surface area (Å²) in [5.41, 5.74) is 5.17. The van der Waals surface area contributed by atoms with Gasteiger partial charge in [0.25, 0.3) is 5.91 Å². The summed E-state index contributed by atoms with van der Waals surface area (Å²) >= 11 is 0. The molecule has 0 aliphatic carbocycles. The molecule has 1 unspecified atom stereocenters. The highest BCUT2D eigenvalue weighted by Crippen LogP contribution is 2.17. The zero-order chi connectivity index (χ0) is 13.8. The summed E-state index contributed by atoms with van der Waals surface area (Å²) < 4.78 is 9.97. The van der Waals surface area contributed by atoms with E-state index in [1.807, 2.05) is 0 Å². The van der Waals surface area contributed by atoms with Crippen molar-refractivity contribution in [2.24, 2.45) is 5.73 Å². The van der Waals surface area contributed by atoms with E-state index in [-0.39, 0.29) is 12.3 Å². The highest BCUT2D eigenvalue weighted by molar-refractivity contribution is 5.90. The van der Waals surface area contributed by atoms with Gasteiger partial charge in [0, 0.05) is 6.54 Å². The van der Waals surface area contributed by atoms with Crippen LogP contribution < -0.4 is 10.6 Å². The van der Waals surface area contributed by atoms with Crippen molar-refractivity contribution in [2.75, 3.05) is 31.8 Å². The third-order valence-electron chi connectivity index (χ3n) is 2.80. The van der Waals surface area contributed by atoms with Gasteiger partial charge in [0.05, 0.1) is 20.3 Å². The number of methoxy groups -OCH3 is 1. The number of rotatable bonds is 3. The SMILES string of the molecule is COC(=O)C1COCCN1c1ccc(C(N)=O)nn1. The first kappa shape index (κ1) is 13.2. The molecule has 1 saturated heterocycles. The largest absolute Gasteiger partial charge is 0.467 e. The Bertz CT molecular complexity index is 476. The number of anilines is 1. The molecule has 0 saturated carbocycles. The number of esters is 1. The Balaban J connectivity index is 2.22. The minimum atomic E-state index is -0.648. The molecular weight excluding hydrogens is 252 g/mol. The minimum Gasteiger partial charge on any atom is -0.467 e. The van der Waals surface area contributed by atoms with Gasteiger partial charge in [0.2, 0.25) is 0 Å². The third-order valence-corrected chi connectivity index (χ3v) is 2.80. The predicted octanol–water partition coefficient (Wildman–Crippen LogP) is -1.05. The normalized spacial score (nSPS) is 19.0. The topological polar surface area (TPSA) is 108 Å². The Morgan fingerprint density at radius 1 is 1.47 bits per heavy atom. The van der Waals surface area contributed by atoms with Crippen molar-refractivity contribution in [1.29, 1.82) is 0 Å². The molecule has 2 heterocycles. The monoisotopic (exact) mass is 266 g/mol. The maximum Gasteiger partial charge on any atom is 0.330 e.